The zero-order valence-corrected chi connectivity index (χ0v) is 39.0. The third-order valence-corrected chi connectivity index (χ3v) is 11.1. The fraction of sp³-hybridized carbons (Fsp3) is 0.650. The SMILES string of the molecule is CC[C@H](C)[C@H](NC(=O)[C@H](CCCN=C(N)N)NC(=O)[C@H](Cc1cnc[nH]1)NC(=O)[C@@H]1CCCN1C(=O)[C@H](CC(N)=O)NC(=O)[C@H](CC(N)=O)NC(=O)[C@@H](N)CS)C(=O)N[C@@H](CC(C)C)C(=O)O. The van der Waals surface area contributed by atoms with Crippen molar-refractivity contribution in [3.8, 4) is 0 Å². The van der Waals surface area contributed by atoms with Crippen molar-refractivity contribution in [1.82, 2.24) is 46.8 Å². The van der Waals surface area contributed by atoms with Crippen molar-refractivity contribution in [2.45, 2.75) is 134 Å². The number of aliphatic carboxylic acids is 1. The van der Waals surface area contributed by atoms with Crippen LogP contribution in [0.25, 0.3) is 0 Å². The van der Waals surface area contributed by atoms with Crippen molar-refractivity contribution in [2.24, 2.45) is 45.5 Å². The van der Waals surface area contributed by atoms with Gasteiger partial charge in [0.2, 0.25) is 53.2 Å². The normalized spacial score (nSPS) is 16.9. The Kier molecular flexibility index (Phi) is 23.5. The summed E-state index contributed by atoms with van der Waals surface area (Å²) in [5, 5.41) is 24.8. The van der Waals surface area contributed by atoms with Crippen LogP contribution in [0.4, 0.5) is 0 Å². The predicted octanol–water partition coefficient (Wildman–Crippen LogP) is -4.91. The van der Waals surface area contributed by atoms with Gasteiger partial charge in [-0.1, -0.05) is 34.1 Å². The topological polar surface area (TPSA) is 437 Å². The highest BCUT2D eigenvalue weighted by Crippen LogP contribution is 2.20. The zero-order chi connectivity index (χ0) is 50.5. The number of nitrogens with two attached hydrogens (primary N) is 5. The van der Waals surface area contributed by atoms with Gasteiger partial charge in [0, 0.05) is 37.2 Å². The number of nitrogens with zero attached hydrogens (tertiary/aromatic N) is 3. The number of aromatic nitrogens is 2. The van der Waals surface area contributed by atoms with Crippen molar-refractivity contribution in [3.63, 3.8) is 0 Å². The molecule has 0 bridgehead atoms. The second-order valence-electron chi connectivity index (χ2n) is 16.7. The minimum absolute atomic E-state index is 0.0363. The number of guanidine groups is 1. The third-order valence-electron chi connectivity index (χ3n) is 10.7. The second-order valence-corrected chi connectivity index (χ2v) is 17.1. The number of primary amides is 2. The van der Waals surface area contributed by atoms with Gasteiger partial charge >= 0.3 is 5.97 Å². The van der Waals surface area contributed by atoms with E-state index in [9.17, 15) is 53.1 Å². The minimum atomic E-state index is -1.68. The fourth-order valence-electron chi connectivity index (χ4n) is 7.00. The van der Waals surface area contributed by atoms with Gasteiger partial charge in [-0.25, -0.2) is 9.78 Å². The van der Waals surface area contributed by atoms with Gasteiger partial charge in [-0.15, -0.1) is 0 Å². The Balaban J connectivity index is 2.44. The van der Waals surface area contributed by atoms with Crippen LogP contribution in [0, 0.1) is 11.8 Å². The Hall–Kier alpha value is -6.51. The number of aromatic amines is 1. The van der Waals surface area contributed by atoms with Crippen LogP contribution in [0.2, 0.25) is 0 Å². The average molecular weight is 966 g/mol. The number of carboxylic acids is 1. The molecule has 2 rings (SSSR count). The van der Waals surface area contributed by atoms with Crippen molar-refractivity contribution >= 4 is 77.7 Å². The molecular weight excluding hydrogens is 899 g/mol. The highest BCUT2D eigenvalue weighted by molar-refractivity contribution is 7.80. The van der Waals surface area contributed by atoms with E-state index in [1.165, 1.54) is 12.5 Å². The maximum atomic E-state index is 14.2. The molecule has 374 valence electrons. The molecule has 0 aromatic carbocycles. The lowest BCUT2D eigenvalue weighted by molar-refractivity contribution is -0.143. The zero-order valence-electron chi connectivity index (χ0n) is 38.1. The van der Waals surface area contributed by atoms with Gasteiger partial charge in [0.15, 0.2) is 5.96 Å². The number of rotatable bonds is 29. The lowest BCUT2D eigenvalue weighted by atomic mass is 9.96. The number of hydrogen-bond donors (Lipinski definition) is 14. The lowest BCUT2D eigenvalue weighted by Crippen LogP contribution is -2.61. The highest BCUT2D eigenvalue weighted by atomic mass is 32.1. The average Bonchev–Trinajstić information content (AvgIpc) is 3.97. The monoisotopic (exact) mass is 965 g/mol. The third kappa shape index (κ3) is 19.1. The molecule has 9 amide bonds. The van der Waals surface area contributed by atoms with Gasteiger partial charge in [-0.05, 0) is 43.9 Å². The first-order chi connectivity index (χ1) is 31.5. The Morgan fingerprint density at radius 1 is 0.821 bits per heavy atom. The molecule has 1 aliphatic heterocycles. The first kappa shape index (κ1) is 56.6. The van der Waals surface area contributed by atoms with Crippen LogP contribution < -0.4 is 60.6 Å². The molecule has 0 aliphatic carbocycles. The minimum Gasteiger partial charge on any atom is -0.480 e. The van der Waals surface area contributed by atoms with Gasteiger partial charge in [0.25, 0.3) is 0 Å². The van der Waals surface area contributed by atoms with Gasteiger partial charge in [-0.3, -0.25) is 48.1 Å². The lowest BCUT2D eigenvalue weighted by Gasteiger charge is -2.31. The van der Waals surface area contributed by atoms with Crippen molar-refractivity contribution < 1.29 is 53.1 Å². The van der Waals surface area contributed by atoms with Gasteiger partial charge < -0.3 is 75.6 Å². The van der Waals surface area contributed by atoms with E-state index in [4.69, 9.17) is 28.7 Å². The smallest absolute Gasteiger partial charge is 0.326 e. The summed E-state index contributed by atoms with van der Waals surface area (Å²) < 4.78 is 0. The number of aliphatic imine (C=N–C) groups is 1. The van der Waals surface area contributed by atoms with Gasteiger partial charge in [-0.2, -0.15) is 12.6 Å². The quantitative estimate of drug-likeness (QED) is 0.0155. The summed E-state index contributed by atoms with van der Waals surface area (Å²) in [7, 11) is 0. The van der Waals surface area contributed by atoms with Crippen molar-refractivity contribution in [2.75, 3.05) is 18.8 Å². The molecule has 1 aliphatic rings. The summed E-state index contributed by atoms with van der Waals surface area (Å²) in [6.45, 7) is 7.06. The number of nitrogens with one attached hydrogen (secondary N) is 7. The fourth-order valence-corrected chi connectivity index (χ4v) is 7.16. The largest absolute Gasteiger partial charge is 0.480 e. The molecule has 2 heterocycles. The predicted molar refractivity (Wildman–Crippen MR) is 245 cm³/mol. The molecule has 67 heavy (non-hydrogen) atoms. The number of carboxylic acid groups (broad SMARTS) is 1. The summed E-state index contributed by atoms with van der Waals surface area (Å²) in [5.74, 6) is -10.3. The number of hydrogen-bond acceptors (Lipinski definition) is 14. The summed E-state index contributed by atoms with van der Waals surface area (Å²) in [4.78, 5) is 144. The van der Waals surface area contributed by atoms with E-state index in [-0.39, 0.29) is 69.2 Å². The molecule has 18 N–H and O–H groups in total. The number of amides is 9. The first-order valence-corrected chi connectivity index (χ1v) is 22.4. The van der Waals surface area contributed by atoms with E-state index >= 15 is 0 Å². The molecule has 0 radical (unpaired) electrons. The summed E-state index contributed by atoms with van der Waals surface area (Å²) in [6.07, 6.45) is 2.03. The van der Waals surface area contributed by atoms with Crippen LogP contribution in [-0.4, -0.2) is 152 Å². The molecule has 1 saturated heterocycles. The molecular formula is C40H67N15O11S. The number of carbonyl (C=O) groups excluding carboxylic acids is 9. The van der Waals surface area contributed by atoms with Crippen LogP contribution >= 0.6 is 12.6 Å². The van der Waals surface area contributed by atoms with Crippen molar-refractivity contribution in [1.29, 1.82) is 0 Å². The molecule has 0 saturated carbocycles. The van der Waals surface area contributed by atoms with E-state index in [0.717, 1.165) is 4.90 Å². The molecule has 0 unspecified atom stereocenters. The number of carbonyl (C=O) groups is 10. The molecule has 0 spiro atoms. The van der Waals surface area contributed by atoms with E-state index in [1.807, 2.05) is 0 Å². The Morgan fingerprint density at radius 2 is 1.40 bits per heavy atom. The molecule has 26 nitrogen and oxygen atoms in total. The molecule has 1 aromatic heterocycles. The number of thiol groups is 1. The summed E-state index contributed by atoms with van der Waals surface area (Å²) in [5.41, 5.74) is 27.8. The Labute approximate surface area is 393 Å². The van der Waals surface area contributed by atoms with E-state index in [0.29, 0.717) is 12.1 Å². The number of likely N-dealkylation sites (tertiary alicyclic amines) is 1. The first-order valence-electron chi connectivity index (χ1n) is 21.8. The number of H-pyrrole nitrogens is 1. The molecule has 1 aromatic rings. The van der Waals surface area contributed by atoms with Gasteiger partial charge in [0.05, 0.1) is 25.2 Å². The van der Waals surface area contributed by atoms with Crippen LogP contribution in [0.3, 0.4) is 0 Å². The maximum Gasteiger partial charge on any atom is 0.326 e. The van der Waals surface area contributed by atoms with E-state index in [2.05, 4.69) is 59.5 Å². The van der Waals surface area contributed by atoms with E-state index in [1.54, 1.807) is 27.7 Å². The highest BCUT2D eigenvalue weighted by Gasteiger charge is 2.41. The summed E-state index contributed by atoms with van der Waals surface area (Å²) in [6, 6.07) is -11.0. The van der Waals surface area contributed by atoms with Crippen molar-refractivity contribution in [3.05, 3.63) is 18.2 Å². The Morgan fingerprint density at radius 3 is 1.96 bits per heavy atom. The van der Waals surface area contributed by atoms with Gasteiger partial charge in [0.1, 0.15) is 42.3 Å². The summed E-state index contributed by atoms with van der Waals surface area (Å²) >= 11 is 3.94. The Bertz CT molecular complexity index is 1930. The molecule has 1 fully saturated rings. The molecule has 27 heteroatoms. The standard InChI is InChI=1S/C40H67N15O11S/c1-5-20(4)31(37(63)53-27(39(65)66)12-19(2)3)54-33(59)23(8-6-10-47-40(44)45)49-34(60)24(13-21-16-46-18-48-21)51-36(62)28-9-7-11-55(28)38(64)26(15-30(43)57)52-35(61)25(14-29(42)56)50-32(58)22(41)17-67/h16,18-20,22-28,31,67H,5-15,17,41H2,1-4H3,(H2,42,56)(H2,43,57)(H,46,48)(H,49,60)(H,50,58)(H,51,62)(H,52,61)(H,53,63)(H,54,59)(H,65,66)(H4,44,45,47)/t20-,22-,23-,24-,25-,26-,27-,28-,31-/m0/s1. The molecule has 9 atom stereocenters. The second kappa shape index (κ2) is 27.8. The van der Waals surface area contributed by atoms with Crippen LogP contribution in [0.1, 0.15) is 84.8 Å². The van der Waals surface area contributed by atoms with Crippen LogP contribution in [0.5, 0.6) is 0 Å². The number of imidazole rings is 1. The maximum absolute atomic E-state index is 14.2. The van der Waals surface area contributed by atoms with E-state index < -0.39 is 126 Å². The van der Waals surface area contributed by atoms with Crippen LogP contribution in [-0.2, 0) is 54.4 Å². The van der Waals surface area contributed by atoms with Crippen LogP contribution in [0.15, 0.2) is 17.5 Å².